The van der Waals surface area contributed by atoms with Crippen LogP contribution in [0.2, 0.25) is 0 Å². The summed E-state index contributed by atoms with van der Waals surface area (Å²) in [5, 5.41) is 0. The first kappa shape index (κ1) is 12.7. The lowest BCUT2D eigenvalue weighted by atomic mass is 9.86. The van der Waals surface area contributed by atoms with Crippen molar-refractivity contribution in [3.63, 3.8) is 0 Å². The Morgan fingerprint density at radius 2 is 1.38 bits per heavy atom. The van der Waals surface area contributed by atoms with E-state index in [-0.39, 0.29) is 5.41 Å². The van der Waals surface area contributed by atoms with Crippen LogP contribution in [0, 0.1) is 0 Å². The second-order valence-electron chi connectivity index (χ2n) is 4.63. The predicted octanol–water partition coefficient (Wildman–Crippen LogP) is 3.01. The number of hydrogen-bond donors (Lipinski definition) is 0. The zero-order valence-electron chi connectivity index (χ0n) is 10.9. The van der Waals surface area contributed by atoms with E-state index in [0.29, 0.717) is 11.5 Å². The van der Waals surface area contributed by atoms with E-state index >= 15 is 0 Å². The van der Waals surface area contributed by atoms with Crippen LogP contribution in [-0.4, -0.2) is 21.3 Å². The Balaban J connectivity index is 3.43. The van der Waals surface area contributed by atoms with Crippen LogP contribution in [0.4, 0.5) is 0 Å². The van der Waals surface area contributed by atoms with Gasteiger partial charge in [-0.2, -0.15) is 0 Å². The largest absolute Gasteiger partial charge is 0.493 e. The maximum Gasteiger partial charge on any atom is 0.203 e. The highest BCUT2D eigenvalue weighted by Crippen LogP contribution is 2.43. The van der Waals surface area contributed by atoms with Crippen LogP contribution >= 0.6 is 0 Å². The lowest BCUT2D eigenvalue weighted by Gasteiger charge is -2.24. The molecular formula is C13H20O3. The summed E-state index contributed by atoms with van der Waals surface area (Å²) in [5.74, 6) is 2.08. The summed E-state index contributed by atoms with van der Waals surface area (Å²) in [4.78, 5) is 0. The molecule has 0 spiro atoms. The Morgan fingerprint density at radius 1 is 0.812 bits per heavy atom. The topological polar surface area (TPSA) is 27.7 Å². The Labute approximate surface area is 97.3 Å². The van der Waals surface area contributed by atoms with E-state index in [4.69, 9.17) is 14.2 Å². The van der Waals surface area contributed by atoms with Crippen molar-refractivity contribution in [2.75, 3.05) is 21.3 Å². The minimum Gasteiger partial charge on any atom is -0.493 e. The van der Waals surface area contributed by atoms with E-state index in [9.17, 15) is 0 Å². The van der Waals surface area contributed by atoms with Crippen molar-refractivity contribution in [3.05, 3.63) is 17.7 Å². The fourth-order valence-corrected chi connectivity index (χ4v) is 1.69. The van der Waals surface area contributed by atoms with Gasteiger partial charge in [0.15, 0.2) is 11.5 Å². The number of hydrogen-bond acceptors (Lipinski definition) is 3. The summed E-state index contributed by atoms with van der Waals surface area (Å²) < 4.78 is 16.0. The number of ether oxygens (including phenoxy) is 3. The first-order valence-corrected chi connectivity index (χ1v) is 5.25. The third kappa shape index (κ3) is 2.23. The van der Waals surface area contributed by atoms with Crippen molar-refractivity contribution >= 4 is 0 Å². The molecule has 1 aromatic carbocycles. The molecule has 90 valence electrons. The maximum atomic E-state index is 5.43. The monoisotopic (exact) mass is 224 g/mol. The van der Waals surface area contributed by atoms with E-state index in [1.54, 1.807) is 21.3 Å². The van der Waals surface area contributed by atoms with E-state index in [1.165, 1.54) is 0 Å². The van der Waals surface area contributed by atoms with Gasteiger partial charge in [-0.15, -0.1) is 0 Å². The molecule has 0 fully saturated rings. The summed E-state index contributed by atoms with van der Waals surface area (Å²) in [6.07, 6.45) is 0. The van der Waals surface area contributed by atoms with Crippen molar-refractivity contribution < 1.29 is 14.2 Å². The second kappa shape index (κ2) is 4.64. The van der Waals surface area contributed by atoms with Crippen molar-refractivity contribution in [3.8, 4) is 17.2 Å². The molecule has 1 aromatic rings. The molecule has 0 aliphatic heterocycles. The normalized spacial score (nSPS) is 11.1. The molecule has 0 aromatic heterocycles. The Bertz CT molecular complexity index is 364. The van der Waals surface area contributed by atoms with Gasteiger partial charge in [-0.05, 0) is 11.5 Å². The summed E-state index contributed by atoms with van der Waals surface area (Å²) in [6.45, 7) is 6.41. The van der Waals surface area contributed by atoms with Crippen LogP contribution in [0.3, 0.4) is 0 Å². The molecule has 0 radical (unpaired) electrons. The van der Waals surface area contributed by atoms with Crippen LogP contribution in [0.15, 0.2) is 12.1 Å². The van der Waals surface area contributed by atoms with Gasteiger partial charge in [0.25, 0.3) is 0 Å². The smallest absolute Gasteiger partial charge is 0.203 e. The third-order valence-corrected chi connectivity index (χ3v) is 2.51. The molecule has 0 N–H and O–H groups in total. The maximum absolute atomic E-state index is 5.43. The first-order chi connectivity index (χ1) is 7.45. The first-order valence-electron chi connectivity index (χ1n) is 5.25. The predicted molar refractivity (Wildman–Crippen MR) is 64.8 cm³/mol. The SMILES string of the molecule is COc1ccc(C(C)(C)C)c(OC)c1OC. The van der Waals surface area contributed by atoms with Gasteiger partial charge in [0.1, 0.15) is 0 Å². The molecule has 0 amide bonds. The molecule has 3 nitrogen and oxygen atoms in total. The van der Waals surface area contributed by atoms with Crippen LogP contribution in [0.1, 0.15) is 26.3 Å². The van der Waals surface area contributed by atoms with Gasteiger partial charge >= 0.3 is 0 Å². The minimum atomic E-state index is 0.00486. The number of benzene rings is 1. The number of rotatable bonds is 3. The van der Waals surface area contributed by atoms with Gasteiger partial charge < -0.3 is 14.2 Å². The second-order valence-corrected chi connectivity index (χ2v) is 4.63. The third-order valence-electron chi connectivity index (χ3n) is 2.51. The van der Waals surface area contributed by atoms with Gasteiger partial charge in [0.05, 0.1) is 21.3 Å². The van der Waals surface area contributed by atoms with Gasteiger partial charge in [0, 0.05) is 5.56 Å². The molecule has 3 heteroatoms. The average molecular weight is 224 g/mol. The van der Waals surface area contributed by atoms with E-state index in [2.05, 4.69) is 20.8 Å². The van der Waals surface area contributed by atoms with Gasteiger partial charge in [-0.3, -0.25) is 0 Å². The van der Waals surface area contributed by atoms with Crippen LogP contribution in [0.25, 0.3) is 0 Å². The molecule has 0 atom stereocenters. The summed E-state index contributed by atoms with van der Waals surface area (Å²) >= 11 is 0. The molecule has 0 bridgehead atoms. The summed E-state index contributed by atoms with van der Waals surface area (Å²) in [5.41, 5.74) is 1.11. The Hall–Kier alpha value is -1.38. The van der Waals surface area contributed by atoms with E-state index < -0.39 is 0 Å². The zero-order chi connectivity index (χ0) is 12.3. The Kier molecular flexibility index (Phi) is 3.68. The van der Waals surface area contributed by atoms with Gasteiger partial charge in [0.2, 0.25) is 5.75 Å². The quantitative estimate of drug-likeness (QED) is 0.790. The van der Waals surface area contributed by atoms with Gasteiger partial charge in [-0.25, -0.2) is 0 Å². The molecule has 0 saturated heterocycles. The molecule has 1 rings (SSSR count). The molecule has 16 heavy (non-hydrogen) atoms. The van der Waals surface area contributed by atoms with Crippen LogP contribution < -0.4 is 14.2 Å². The standard InChI is InChI=1S/C13H20O3/c1-13(2,3)9-7-8-10(14-4)12(16-6)11(9)15-5/h7-8H,1-6H3. The molecule has 0 heterocycles. The van der Waals surface area contributed by atoms with E-state index in [0.717, 1.165) is 11.3 Å². The lowest BCUT2D eigenvalue weighted by molar-refractivity contribution is 0.318. The fraction of sp³-hybridized carbons (Fsp3) is 0.538. The van der Waals surface area contributed by atoms with Gasteiger partial charge in [-0.1, -0.05) is 26.8 Å². The van der Waals surface area contributed by atoms with Crippen molar-refractivity contribution in [2.24, 2.45) is 0 Å². The molecule has 0 aliphatic carbocycles. The number of methoxy groups -OCH3 is 3. The zero-order valence-corrected chi connectivity index (χ0v) is 10.9. The van der Waals surface area contributed by atoms with Crippen molar-refractivity contribution in [1.82, 2.24) is 0 Å². The highest BCUT2D eigenvalue weighted by Gasteiger charge is 2.23. The molecular weight excluding hydrogens is 204 g/mol. The average Bonchev–Trinajstić information content (AvgIpc) is 2.25. The van der Waals surface area contributed by atoms with Crippen molar-refractivity contribution in [2.45, 2.75) is 26.2 Å². The van der Waals surface area contributed by atoms with Crippen molar-refractivity contribution in [1.29, 1.82) is 0 Å². The van der Waals surface area contributed by atoms with Crippen LogP contribution in [-0.2, 0) is 5.41 Å². The highest BCUT2D eigenvalue weighted by molar-refractivity contribution is 5.57. The summed E-state index contributed by atoms with van der Waals surface area (Å²) in [7, 11) is 4.88. The molecule has 0 unspecified atom stereocenters. The molecule has 0 aliphatic rings. The Morgan fingerprint density at radius 3 is 1.75 bits per heavy atom. The van der Waals surface area contributed by atoms with Crippen LogP contribution in [0.5, 0.6) is 17.2 Å². The highest BCUT2D eigenvalue weighted by atomic mass is 16.5. The minimum absolute atomic E-state index is 0.00486. The molecule has 0 saturated carbocycles. The fourth-order valence-electron chi connectivity index (χ4n) is 1.69. The van der Waals surface area contributed by atoms with E-state index in [1.807, 2.05) is 12.1 Å². The lowest BCUT2D eigenvalue weighted by Crippen LogP contribution is -2.13. The summed E-state index contributed by atoms with van der Waals surface area (Å²) in [6, 6.07) is 3.92.